The van der Waals surface area contributed by atoms with Gasteiger partial charge in [0.05, 0.1) is 0 Å². The molecule has 0 aliphatic heterocycles. The van der Waals surface area contributed by atoms with Crippen molar-refractivity contribution in [1.29, 1.82) is 0 Å². The summed E-state index contributed by atoms with van der Waals surface area (Å²) in [7, 11) is 0. The summed E-state index contributed by atoms with van der Waals surface area (Å²) >= 11 is 0. The molecule has 0 saturated carbocycles. The fourth-order valence-electron chi connectivity index (χ4n) is 0.340. The smallest absolute Gasteiger partial charge is 0 e. The average Bonchev–Trinajstić information content (AvgIpc) is 1.76. The monoisotopic (exact) mass is 173 g/mol. The maximum Gasteiger partial charge on any atom is 0 e. The Morgan fingerprint density at radius 3 is 1.78 bits per heavy atom. The number of halogens is 3. The van der Waals surface area contributed by atoms with Crippen LogP contribution in [0.15, 0.2) is 18.2 Å². The Bertz CT molecular complexity index is 70.3. The van der Waals surface area contributed by atoms with Gasteiger partial charge in [0, 0.05) is 21.7 Å². The second kappa shape index (κ2) is 15.7. The van der Waals surface area contributed by atoms with E-state index in [0.29, 0.717) is 0 Å². The molecule has 0 heterocycles. The van der Waals surface area contributed by atoms with E-state index < -0.39 is 0 Å². The van der Waals surface area contributed by atoms with Crippen LogP contribution in [0.1, 0.15) is 6.42 Å². The van der Waals surface area contributed by atoms with Crippen molar-refractivity contribution < 1.29 is 35.8 Å². The van der Waals surface area contributed by atoms with Gasteiger partial charge in [0.25, 0.3) is 0 Å². The molecule has 9 heavy (non-hydrogen) atoms. The van der Waals surface area contributed by atoms with Crippen LogP contribution in [-0.4, -0.2) is 0 Å². The SMILES string of the molecule is F.F.F.[C-]1=CC=CC1.[Ti]. The van der Waals surface area contributed by atoms with Crippen molar-refractivity contribution in [1.82, 2.24) is 0 Å². The van der Waals surface area contributed by atoms with E-state index in [4.69, 9.17) is 0 Å². The van der Waals surface area contributed by atoms with Crippen LogP contribution in [0.4, 0.5) is 14.1 Å². The minimum atomic E-state index is 0. The van der Waals surface area contributed by atoms with Crippen LogP contribution in [0.3, 0.4) is 0 Å². The summed E-state index contributed by atoms with van der Waals surface area (Å²) in [6.07, 6.45) is 10.0. The predicted molar refractivity (Wildman–Crippen MR) is 29.1 cm³/mol. The minimum absolute atomic E-state index is 0. The first-order valence-corrected chi connectivity index (χ1v) is 1.72. The van der Waals surface area contributed by atoms with Gasteiger partial charge in [-0.2, -0.15) is 6.08 Å². The first-order chi connectivity index (χ1) is 2.50. The van der Waals surface area contributed by atoms with E-state index in [1.54, 1.807) is 0 Å². The summed E-state index contributed by atoms with van der Waals surface area (Å²) < 4.78 is 0. The molecular formula is C5H8F3Ti-. The van der Waals surface area contributed by atoms with E-state index in [9.17, 15) is 0 Å². The maximum atomic E-state index is 2.99. The van der Waals surface area contributed by atoms with Crippen LogP contribution in [0.2, 0.25) is 0 Å². The van der Waals surface area contributed by atoms with Crippen LogP contribution in [0.5, 0.6) is 0 Å². The Balaban J connectivity index is -0.0000000312. The van der Waals surface area contributed by atoms with Crippen molar-refractivity contribution in [3.8, 4) is 0 Å². The number of allylic oxidation sites excluding steroid dienone is 4. The van der Waals surface area contributed by atoms with E-state index in [1.807, 2.05) is 12.2 Å². The predicted octanol–water partition coefficient (Wildman–Crippen LogP) is 1.76. The van der Waals surface area contributed by atoms with Gasteiger partial charge >= 0.3 is 0 Å². The Labute approximate surface area is 67.0 Å². The second-order valence-corrected chi connectivity index (χ2v) is 1.00. The summed E-state index contributed by atoms with van der Waals surface area (Å²) in [5, 5.41) is 0. The van der Waals surface area contributed by atoms with Crippen LogP contribution < -0.4 is 0 Å². The molecule has 0 N–H and O–H groups in total. The van der Waals surface area contributed by atoms with Gasteiger partial charge in [0.15, 0.2) is 0 Å². The Hall–Kier alpha value is -0.0157. The van der Waals surface area contributed by atoms with Crippen LogP contribution in [0.25, 0.3) is 0 Å². The van der Waals surface area contributed by atoms with Crippen molar-refractivity contribution in [3.05, 3.63) is 24.3 Å². The normalized spacial score (nSPS) is 9.78. The first kappa shape index (κ1) is 23.1. The zero-order valence-corrected chi connectivity index (χ0v) is 6.23. The summed E-state index contributed by atoms with van der Waals surface area (Å²) in [6, 6.07) is 0. The molecule has 1 aliphatic rings. The molecule has 1 rings (SSSR count). The van der Waals surface area contributed by atoms with Crippen molar-refractivity contribution in [2.24, 2.45) is 0 Å². The van der Waals surface area contributed by atoms with Gasteiger partial charge in [-0.05, 0) is 0 Å². The Kier molecular flexibility index (Phi) is 40.2. The number of hydrogen-bond acceptors (Lipinski definition) is 0. The van der Waals surface area contributed by atoms with Crippen LogP contribution in [0, 0.1) is 6.08 Å². The number of hydrogen-bond donors (Lipinski definition) is 0. The van der Waals surface area contributed by atoms with E-state index in [0.717, 1.165) is 6.42 Å². The molecular weight excluding hydrogens is 165 g/mol. The third-order valence-electron chi connectivity index (χ3n) is 0.586. The van der Waals surface area contributed by atoms with Crippen LogP contribution in [-0.2, 0) is 21.7 Å². The molecule has 0 bridgehead atoms. The molecule has 0 aromatic rings. The summed E-state index contributed by atoms with van der Waals surface area (Å²) in [6.45, 7) is 0. The van der Waals surface area contributed by atoms with E-state index >= 15 is 0 Å². The quantitative estimate of drug-likeness (QED) is 0.386. The molecule has 0 radical (unpaired) electrons. The molecule has 0 saturated heterocycles. The Morgan fingerprint density at radius 2 is 1.67 bits per heavy atom. The van der Waals surface area contributed by atoms with Gasteiger partial charge in [-0.25, -0.2) is 12.2 Å². The zero-order chi connectivity index (χ0) is 3.54. The molecule has 0 atom stereocenters. The van der Waals surface area contributed by atoms with E-state index in [1.165, 1.54) is 0 Å². The molecule has 0 nitrogen and oxygen atoms in total. The van der Waals surface area contributed by atoms with Crippen molar-refractivity contribution in [2.45, 2.75) is 6.42 Å². The van der Waals surface area contributed by atoms with Gasteiger partial charge in [0.2, 0.25) is 0 Å². The van der Waals surface area contributed by atoms with Crippen molar-refractivity contribution >= 4 is 0 Å². The van der Waals surface area contributed by atoms with Gasteiger partial charge in [-0.15, -0.1) is 6.42 Å². The molecule has 0 fully saturated rings. The second-order valence-electron chi connectivity index (χ2n) is 1.00. The maximum absolute atomic E-state index is 2.99. The molecule has 0 amide bonds. The third kappa shape index (κ3) is 11.5. The average molecular weight is 173 g/mol. The van der Waals surface area contributed by atoms with Gasteiger partial charge in [-0.1, -0.05) is 0 Å². The number of rotatable bonds is 0. The topological polar surface area (TPSA) is 0 Å². The summed E-state index contributed by atoms with van der Waals surface area (Å²) in [5.74, 6) is 0. The van der Waals surface area contributed by atoms with Crippen LogP contribution >= 0.6 is 0 Å². The molecule has 0 aromatic heterocycles. The first-order valence-electron chi connectivity index (χ1n) is 1.72. The zero-order valence-electron chi connectivity index (χ0n) is 4.66. The van der Waals surface area contributed by atoms with Gasteiger partial charge in [0.1, 0.15) is 0 Å². The van der Waals surface area contributed by atoms with E-state index in [-0.39, 0.29) is 35.8 Å². The van der Waals surface area contributed by atoms with Gasteiger partial charge < -0.3 is 0 Å². The Morgan fingerprint density at radius 1 is 1.11 bits per heavy atom. The molecule has 0 aromatic carbocycles. The van der Waals surface area contributed by atoms with E-state index in [2.05, 4.69) is 12.2 Å². The molecule has 0 spiro atoms. The minimum Gasteiger partial charge on any atom is -0.273 e. The van der Waals surface area contributed by atoms with Crippen molar-refractivity contribution in [2.75, 3.05) is 0 Å². The summed E-state index contributed by atoms with van der Waals surface area (Å²) in [4.78, 5) is 0. The van der Waals surface area contributed by atoms with Gasteiger partial charge in [-0.3, -0.25) is 20.2 Å². The third-order valence-corrected chi connectivity index (χ3v) is 0.586. The molecule has 0 unspecified atom stereocenters. The molecule has 1 aliphatic carbocycles. The standard InChI is InChI=1S/C5H5.3FH.Ti/c1-2-4-5-3-1;;;;/h1-3H,4H2;3*1H;/q-1;;;;. The largest absolute Gasteiger partial charge is 0.273 e. The molecule has 54 valence electrons. The summed E-state index contributed by atoms with van der Waals surface area (Å²) in [5.41, 5.74) is 0. The molecule has 4 heteroatoms. The fraction of sp³-hybridized carbons (Fsp3) is 0.200. The van der Waals surface area contributed by atoms with Crippen molar-refractivity contribution in [3.63, 3.8) is 0 Å². The fourth-order valence-corrected chi connectivity index (χ4v) is 0.340.